The minimum atomic E-state index is -0.711. The van der Waals surface area contributed by atoms with E-state index in [2.05, 4.69) is 17.4 Å². The van der Waals surface area contributed by atoms with Gasteiger partial charge in [0.1, 0.15) is 0 Å². The predicted octanol–water partition coefficient (Wildman–Crippen LogP) is 3.31. The first-order valence-electron chi connectivity index (χ1n) is 6.68. The summed E-state index contributed by atoms with van der Waals surface area (Å²) in [6.07, 6.45) is 7.93. The summed E-state index contributed by atoms with van der Waals surface area (Å²) in [7, 11) is 0. The number of carboxylic acid groups (broad SMARTS) is 1. The predicted molar refractivity (Wildman–Crippen MR) is 71.5 cm³/mol. The van der Waals surface area contributed by atoms with Crippen LogP contribution in [0.3, 0.4) is 0 Å². The molecular formula is C13H27NO4. The first-order chi connectivity index (χ1) is 8.54. The minimum Gasteiger partial charge on any atom is -0.481 e. The van der Waals surface area contributed by atoms with E-state index < -0.39 is 12.1 Å². The van der Waals surface area contributed by atoms with Gasteiger partial charge in [0.05, 0.1) is 6.61 Å². The van der Waals surface area contributed by atoms with Gasteiger partial charge in [-0.1, -0.05) is 45.4 Å². The Morgan fingerprint density at radius 1 is 1.00 bits per heavy atom. The molecule has 0 radical (unpaired) electrons. The second kappa shape index (κ2) is 15.7. The van der Waals surface area contributed by atoms with Crippen molar-refractivity contribution >= 4 is 12.1 Å². The molecule has 3 N–H and O–H groups in total. The maximum absolute atomic E-state index is 10.1. The number of carbonyl (C=O) groups is 2. The summed E-state index contributed by atoms with van der Waals surface area (Å²) in [5.41, 5.74) is 4.54. The van der Waals surface area contributed by atoms with E-state index in [1.165, 1.54) is 32.1 Å². The van der Waals surface area contributed by atoms with Crippen LogP contribution in [0.25, 0.3) is 0 Å². The highest BCUT2D eigenvalue weighted by molar-refractivity contribution is 5.66. The van der Waals surface area contributed by atoms with E-state index in [-0.39, 0.29) is 0 Å². The summed E-state index contributed by atoms with van der Waals surface area (Å²) in [6, 6.07) is 0. The second-order valence-corrected chi connectivity index (χ2v) is 4.02. The summed E-state index contributed by atoms with van der Waals surface area (Å²) in [4.78, 5) is 19.7. The molecule has 18 heavy (non-hydrogen) atoms. The molecule has 0 unspecified atom stereocenters. The van der Waals surface area contributed by atoms with Crippen molar-refractivity contribution in [3.8, 4) is 0 Å². The summed E-state index contributed by atoms with van der Waals surface area (Å²) in [5.74, 6) is -0.663. The molecule has 0 bridgehead atoms. The van der Waals surface area contributed by atoms with E-state index in [4.69, 9.17) is 5.11 Å². The molecule has 0 aromatic carbocycles. The number of carbonyl (C=O) groups excluding carboxylic acids is 1. The highest BCUT2D eigenvalue weighted by atomic mass is 16.5. The van der Waals surface area contributed by atoms with Crippen molar-refractivity contribution in [3.05, 3.63) is 0 Å². The number of primary amides is 1. The first-order valence-corrected chi connectivity index (χ1v) is 6.68. The molecule has 1 amide bonds. The van der Waals surface area contributed by atoms with Crippen molar-refractivity contribution in [2.24, 2.45) is 5.73 Å². The molecule has 0 heterocycles. The number of nitrogens with two attached hydrogens (primary N) is 1. The molecule has 0 fully saturated rings. The molecule has 0 saturated heterocycles. The van der Waals surface area contributed by atoms with E-state index in [0.29, 0.717) is 13.0 Å². The van der Waals surface area contributed by atoms with Crippen LogP contribution in [0.2, 0.25) is 0 Å². The van der Waals surface area contributed by atoms with Crippen LogP contribution in [0.5, 0.6) is 0 Å². The third-order valence-electron chi connectivity index (χ3n) is 2.28. The number of rotatable bonds is 9. The number of hydrogen-bond donors (Lipinski definition) is 2. The van der Waals surface area contributed by atoms with E-state index in [1.807, 2.05) is 0 Å². The Labute approximate surface area is 110 Å². The number of amides is 1. The maximum Gasteiger partial charge on any atom is 0.404 e. The van der Waals surface area contributed by atoms with Crippen molar-refractivity contribution < 1.29 is 19.4 Å². The fourth-order valence-corrected chi connectivity index (χ4v) is 1.38. The lowest BCUT2D eigenvalue weighted by atomic mass is 10.1. The summed E-state index contributed by atoms with van der Waals surface area (Å²) >= 11 is 0. The molecule has 0 aromatic rings. The van der Waals surface area contributed by atoms with Crippen molar-refractivity contribution in [2.45, 2.75) is 65.2 Å². The SMILES string of the molecule is CCCCCCCCCC(=O)O.CCOC(N)=O. The lowest BCUT2D eigenvalue weighted by Crippen LogP contribution is -2.11. The minimum absolute atomic E-state index is 0.341. The van der Waals surface area contributed by atoms with Crippen molar-refractivity contribution in [1.29, 1.82) is 0 Å². The van der Waals surface area contributed by atoms with Crippen LogP contribution in [0.15, 0.2) is 0 Å². The molecule has 5 heteroatoms. The molecule has 0 aromatic heterocycles. The Bertz CT molecular complexity index is 207. The zero-order chi connectivity index (χ0) is 14.2. The van der Waals surface area contributed by atoms with Crippen molar-refractivity contribution in [3.63, 3.8) is 0 Å². The van der Waals surface area contributed by atoms with E-state index >= 15 is 0 Å². The second-order valence-electron chi connectivity index (χ2n) is 4.02. The van der Waals surface area contributed by atoms with Crippen LogP contribution in [0.4, 0.5) is 4.79 Å². The monoisotopic (exact) mass is 261 g/mol. The highest BCUT2D eigenvalue weighted by Crippen LogP contribution is 2.07. The molecule has 0 spiro atoms. The van der Waals surface area contributed by atoms with Gasteiger partial charge in [0.15, 0.2) is 0 Å². The highest BCUT2D eigenvalue weighted by Gasteiger charge is 1.95. The quantitative estimate of drug-likeness (QED) is 0.623. The Morgan fingerprint density at radius 2 is 1.50 bits per heavy atom. The van der Waals surface area contributed by atoms with Crippen LogP contribution < -0.4 is 5.73 Å². The van der Waals surface area contributed by atoms with Gasteiger partial charge in [-0.15, -0.1) is 0 Å². The van der Waals surface area contributed by atoms with Gasteiger partial charge in [0.2, 0.25) is 0 Å². The normalized spacial score (nSPS) is 9.22. The van der Waals surface area contributed by atoms with Crippen molar-refractivity contribution in [2.75, 3.05) is 6.61 Å². The number of carboxylic acids is 1. The Hall–Kier alpha value is -1.26. The topological polar surface area (TPSA) is 89.6 Å². The summed E-state index contributed by atoms with van der Waals surface area (Å²) in [6.45, 7) is 4.25. The zero-order valence-corrected chi connectivity index (χ0v) is 11.6. The molecule has 0 atom stereocenters. The zero-order valence-electron chi connectivity index (χ0n) is 11.6. The Morgan fingerprint density at radius 3 is 1.83 bits per heavy atom. The average Bonchev–Trinajstić information content (AvgIpc) is 2.28. The molecule has 5 nitrogen and oxygen atoms in total. The summed E-state index contributed by atoms with van der Waals surface area (Å²) < 4.78 is 4.18. The molecule has 0 rings (SSSR count). The van der Waals surface area contributed by atoms with Gasteiger partial charge in [-0.3, -0.25) is 4.79 Å². The van der Waals surface area contributed by atoms with Crippen molar-refractivity contribution in [1.82, 2.24) is 0 Å². The van der Waals surface area contributed by atoms with Crippen LogP contribution in [-0.2, 0) is 9.53 Å². The number of ether oxygens (including phenoxy) is 1. The first kappa shape index (κ1) is 19.1. The van der Waals surface area contributed by atoms with Gasteiger partial charge in [-0.2, -0.15) is 0 Å². The third-order valence-corrected chi connectivity index (χ3v) is 2.28. The van der Waals surface area contributed by atoms with E-state index in [0.717, 1.165) is 12.8 Å². The summed E-state index contributed by atoms with van der Waals surface area (Å²) in [5, 5.41) is 8.35. The molecule has 0 aliphatic rings. The largest absolute Gasteiger partial charge is 0.481 e. The molecule has 0 aliphatic carbocycles. The number of aliphatic carboxylic acids is 1. The Kier molecular flexibility index (Phi) is 16.7. The van der Waals surface area contributed by atoms with E-state index in [9.17, 15) is 9.59 Å². The lowest BCUT2D eigenvalue weighted by Gasteiger charge is -1.98. The fourth-order valence-electron chi connectivity index (χ4n) is 1.38. The van der Waals surface area contributed by atoms with Gasteiger partial charge in [0.25, 0.3) is 0 Å². The van der Waals surface area contributed by atoms with Crippen LogP contribution in [0.1, 0.15) is 65.2 Å². The number of unbranched alkanes of at least 4 members (excludes halogenated alkanes) is 6. The van der Waals surface area contributed by atoms with Crippen LogP contribution in [0, 0.1) is 0 Å². The Balaban J connectivity index is 0. The molecule has 0 aliphatic heterocycles. The van der Waals surface area contributed by atoms with Gasteiger partial charge in [0, 0.05) is 6.42 Å². The van der Waals surface area contributed by atoms with Gasteiger partial charge >= 0.3 is 12.1 Å². The fraction of sp³-hybridized carbons (Fsp3) is 0.846. The third kappa shape index (κ3) is 24.1. The number of hydrogen-bond acceptors (Lipinski definition) is 3. The molecule has 0 saturated carbocycles. The lowest BCUT2D eigenvalue weighted by molar-refractivity contribution is -0.137. The van der Waals surface area contributed by atoms with Gasteiger partial charge < -0.3 is 15.6 Å². The van der Waals surface area contributed by atoms with E-state index in [1.54, 1.807) is 6.92 Å². The standard InChI is InChI=1S/C10H20O2.C3H7NO2/c1-2-3-4-5-6-7-8-9-10(11)12;1-2-6-3(4)5/h2-9H2,1H3,(H,11,12);2H2,1H3,(H2,4,5). The smallest absolute Gasteiger partial charge is 0.404 e. The molecule has 108 valence electrons. The molecular weight excluding hydrogens is 234 g/mol. The van der Waals surface area contributed by atoms with Gasteiger partial charge in [-0.05, 0) is 13.3 Å². The van der Waals surface area contributed by atoms with Crippen LogP contribution in [-0.4, -0.2) is 23.8 Å². The van der Waals surface area contributed by atoms with Crippen LogP contribution >= 0.6 is 0 Å². The maximum atomic E-state index is 10.1. The van der Waals surface area contributed by atoms with Gasteiger partial charge in [-0.25, -0.2) is 4.79 Å². The average molecular weight is 261 g/mol.